The van der Waals surface area contributed by atoms with Crippen LogP contribution in [0.15, 0.2) is 71.1 Å². The van der Waals surface area contributed by atoms with E-state index in [1.54, 1.807) is 17.6 Å². The fraction of sp³-hybridized carbons (Fsp3) is 0.192. The van der Waals surface area contributed by atoms with Crippen molar-refractivity contribution in [3.05, 3.63) is 82.0 Å². The molecule has 0 saturated carbocycles. The number of carbonyl (C=O) groups excluding carboxylic acids is 1. The van der Waals surface area contributed by atoms with Crippen LogP contribution in [-0.4, -0.2) is 23.7 Å². The van der Waals surface area contributed by atoms with E-state index in [-0.39, 0.29) is 5.91 Å². The van der Waals surface area contributed by atoms with Crippen molar-refractivity contribution in [3.8, 4) is 17.0 Å². The molecular formula is C26H25N3O2S. The number of fused-ring (bicyclic) bond motifs is 1. The van der Waals surface area contributed by atoms with Crippen LogP contribution in [0.25, 0.3) is 22.2 Å². The minimum atomic E-state index is -0.273. The Balaban J connectivity index is 1.64. The lowest BCUT2D eigenvalue weighted by molar-refractivity contribution is 0.0956. The van der Waals surface area contributed by atoms with Gasteiger partial charge in [-0.05, 0) is 54.6 Å². The fourth-order valence-electron chi connectivity index (χ4n) is 3.32. The number of amides is 1. The molecule has 4 rings (SSSR count). The van der Waals surface area contributed by atoms with Crippen LogP contribution in [0.5, 0.6) is 5.75 Å². The normalized spacial score (nSPS) is 11.2. The molecule has 4 aromatic rings. The Morgan fingerprint density at radius 2 is 2.03 bits per heavy atom. The average molecular weight is 444 g/mol. The number of nitrogens with zero attached hydrogens (tertiary/aromatic N) is 2. The fourth-order valence-corrected chi connectivity index (χ4v) is 4.10. The van der Waals surface area contributed by atoms with Crippen molar-refractivity contribution in [2.75, 3.05) is 6.61 Å². The van der Waals surface area contributed by atoms with Gasteiger partial charge in [-0.3, -0.25) is 4.79 Å². The Bertz CT molecular complexity index is 1260. The van der Waals surface area contributed by atoms with Gasteiger partial charge >= 0.3 is 0 Å². The van der Waals surface area contributed by atoms with Crippen LogP contribution in [0.2, 0.25) is 0 Å². The molecule has 2 heterocycles. The highest BCUT2D eigenvalue weighted by Gasteiger charge is 2.14. The van der Waals surface area contributed by atoms with Gasteiger partial charge in [-0.1, -0.05) is 43.7 Å². The van der Waals surface area contributed by atoms with Crippen LogP contribution in [0.4, 0.5) is 0 Å². The topological polar surface area (TPSA) is 63.6 Å². The molecule has 1 N–H and O–H groups in total. The third kappa shape index (κ3) is 5.03. The predicted molar refractivity (Wildman–Crippen MR) is 132 cm³/mol. The number of thiophene rings is 1. The number of pyridine rings is 1. The maximum Gasteiger partial charge on any atom is 0.272 e. The number of carbonyl (C=O) groups is 1. The first-order valence-electron chi connectivity index (χ1n) is 10.7. The standard InChI is InChI=1S/C26H25N3O2S/c1-3-4-13-31-20-9-7-8-19(15-20)24-16-22(21-10-5-6-11-23(21)28-24)26(30)29-27-17-25-18(2)12-14-32-25/h5-12,14-17H,3-4,13H2,1-2H3,(H,29,30)/b27-17+. The molecule has 0 aliphatic rings. The van der Waals surface area contributed by atoms with E-state index in [1.165, 1.54) is 0 Å². The maximum absolute atomic E-state index is 13.0. The van der Waals surface area contributed by atoms with Crippen molar-refractivity contribution >= 4 is 34.4 Å². The van der Waals surface area contributed by atoms with Gasteiger partial charge in [0.2, 0.25) is 0 Å². The minimum Gasteiger partial charge on any atom is -0.494 e. The monoisotopic (exact) mass is 443 g/mol. The summed E-state index contributed by atoms with van der Waals surface area (Å²) in [6.07, 6.45) is 3.77. The molecule has 0 atom stereocenters. The number of para-hydroxylation sites is 1. The summed E-state index contributed by atoms with van der Waals surface area (Å²) in [4.78, 5) is 18.8. The van der Waals surface area contributed by atoms with Crippen molar-refractivity contribution in [2.24, 2.45) is 5.10 Å². The van der Waals surface area contributed by atoms with Gasteiger partial charge in [-0.25, -0.2) is 10.4 Å². The summed E-state index contributed by atoms with van der Waals surface area (Å²) in [6.45, 7) is 4.83. The van der Waals surface area contributed by atoms with Gasteiger partial charge in [0, 0.05) is 15.8 Å². The molecule has 5 nitrogen and oxygen atoms in total. The van der Waals surface area contributed by atoms with Crippen molar-refractivity contribution < 1.29 is 9.53 Å². The van der Waals surface area contributed by atoms with E-state index >= 15 is 0 Å². The molecule has 0 aliphatic heterocycles. The van der Waals surface area contributed by atoms with Crippen LogP contribution in [0, 0.1) is 6.92 Å². The second-order valence-electron chi connectivity index (χ2n) is 7.47. The Hall–Kier alpha value is -3.51. The summed E-state index contributed by atoms with van der Waals surface area (Å²) in [7, 11) is 0. The third-order valence-corrected chi connectivity index (χ3v) is 6.06. The maximum atomic E-state index is 13.0. The molecule has 162 valence electrons. The molecule has 2 aromatic carbocycles. The smallest absolute Gasteiger partial charge is 0.272 e. The summed E-state index contributed by atoms with van der Waals surface area (Å²) >= 11 is 1.59. The van der Waals surface area contributed by atoms with Crippen molar-refractivity contribution in [3.63, 3.8) is 0 Å². The lowest BCUT2D eigenvalue weighted by Crippen LogP contribution is -2.18. The molecule has 1 amide bonds. The Kier molecular flexibility index (Phi) is 6.92. The number of hydrazone groups is 1. The zero-order chi connectivity index (χ0) is 22.3. The Morgan fingerprint density at radius 1 is 1.16 bits per heavy atom. The predicted octanol–water partition coefficient (Wildman–Crippen LogP) is 6.21. The summed E-state index contributed by atoms with van der Waals surface area (Å²) in [6, 6.07) is 19.3. The number of hydrogen-bond donors (Lipinski definition) is 1. The van der Waals surface area contributed by atoms with Gasteiger partial charge in [-0.2, -0.15) is 5.10 Å². The minimum absolute atomic E-state index is 0.273. The number of benzene rings is 2. The molecule has 0 spiro atoms. The van der Waals surface area contributed by atoms with E-state index in [0.717, 1.165) is 45.5 Å². The lowest BCUT2D eigenvalue weighted by atomic mass is 10.0. The summed E-state index contributed by atoms with van der Waals surface area (Å²) in [5.41, 5.74) is 6.70. The van der Waals surface area contributed by atoms with E-state index in [9.17, 15) is 4.79 Å². The second kappa shape index (κ2) is 10.2. The number of aryl methyl sites for hydroxylation is 1. The van der Waals surface area contributed by atoms with Gasteiger partial charge in [-0.15, -0.1) is 11.3 Å². The van der Waals surface area contributed by atoms with Crippen molar-refractivity contribution in [2.45, 2.75) is 26.7 Å². The summed E-state index contributed by atoms with van der Waals surface area (Å²) in [5.74, 6) is 0.526. The van der Waals surface area contributed by atoms with E-state index in [0.29, 0.717) is 17.9 Å². The molecule has 0 unspecified atom stereocenters. The van der Waals surface area contributed by atoms with Crippen molar-refractivity contribution in [1.29, 1.82) is 0 Å². The number of hydrogen-bond acceptors (Lipinski definition) is 5. The first-order chi connectivity index (χ1) is 15.7. The molecule has 0 fully saturated rings. The molecule has 6 heteroatoms. The molecule has 32 heavy (non-hydrogen) atoms. The van der Waals surface area contributed by atoms with E-state index in [1.807, 2.05) is 73.0 Å². The molecule has 0 bridgehead atoms. The highest BCUT2D eigenvalue weighted by molar-refractivity contribution is 7.11. The van der Waals surface area contributed by atoms with Crippen LogP contribution >= 0.6 is 11.3 Å². The lowest BCUT2D eigenvalue weighted by Gasteiger charge is -2.11. The number of rotatable bonds is 8. The summed E-state index contributed by atoms with van der Waals surface area (Å²) in [5, 5.41) is 6.95. The molecule has 0 aliphatic carbocycles. The Labute approximate surface area is 191 Å². The van der Waals surface area contributed by atoms with Gasteiger partial charge in [0.05, 0.1) is 29.6 Å². The van der Waals surface area contributed by atoms with Crippen LogP contribution < -0.4 is 10.2 Å². The molecule has 2 aromatic heterocycles. The average Bonchev–Trinajstić information content (AvgIpc) is 3.23. The highest BCUT2D eigenvalue weighted by atomic mass is 32.1. The largest absolute Gasteiger partial charge is 0.494 e. The second-order valence-corrected chi connectivity index (χ2v) is 8.42. The molecule has 0 radical (unpaired) electrons. The van der Waals surface area contributed by atoms with Crippen LogP contribution in [0.3, 0.4) is 0 Å². The van der Waals surface area contributed by atoms with E-state index in [2.05, 4.69) is 17.5 Å². The van der Waals surface area contributed by atoms with E-state index in [4.69, 9.17) is 9.72 Å². The first-order valence-corrected chi connectivity index (χ1v) is 11.5. The van der Waals surface area contributed by atoms with Gasteiger partial charge in [0.15, 0.2) is 0 Å². The quantitative estimate of drug-likeness (QED) is 0.200. The van der Waals surface area contributed by atoms with Crippen molar-refractivity contribution in [1.82, 2.24) is 10.4 Å². The number of ether oxygens (including phenoxy) is 1. The molecule has 0 saturated heterocycles. The summed E-state index contributed by atoms with van der Waals surface area (Å²) < 4.78 is 5.85. The van der Waals surface area contributed by atoms with E-state index < -0.39 is 0 Å². The molecular weight excluding hydrogens is 418 g/mol. The third-order valence-electron chi connectivity index (χ3n) is 5.11. The number of unbranched alkanes of at least 4 members (excludes halogenated alkanes) is 1. The highest BCUT2D eigenvalue weighted by Crippen LogP contribution is 2.27. The zero-order valence-electron chi connectivity index (χ0n) is 18.2. The van der Waals surface area contributed by atoms with Crippen LogP contribution in [-0.2, 0) is 0 Å². The van der Waals surface area contributed by atoms with Crippen LogP contribution in [0.1, 0.15) is 40.6 Å². The Morgan fingerprint density at radius 3 is 2.84 bits per heavy atom. The van der Waals surface area contributed by atoms with Gasteiger partial charge < -0.3 is 4.74 Å². The first kappa shape index (κ1) is 21.7. The number of nitrogens with one attached hydrogen (secondary N) is 1. The van der Waals surface area contributed by atoms with Gasteiger partial charge in [0.1, 0.15) is 5.75 Å². The zero-order valence-corrected chi connectivity index (χ0v) is 19.0. The van der Waals surface area contributed by atoms with Gasteiger partial charge in [0.25, 0.3) is 5.91 Å². The SMILES string of the molecule is CCCCOc1cccc(-c2cc(C(=O)N/N=C/c3sccc3C)c3ccccc3n2)c1. The number of aromatic nitrogens is 1.